The molecule has 0 aromatic rings. The molecule has 0 aromatic carbocycles. The fourth-order valence-electron chi connectivity index (χ4n) is 0.821. The Morgan fingerprint density at radius 2 is 1.77 bits per heavy atom. The minimum Gasteiger partial charge on any atom is -0.478 e. The zero-order chi connectivity index (χ0) is 18.0. The maximum Gasteiger partial charge on any atom is 0.404 e. The predicted molar refractivity (Wildman–Crippen MR) is 85.4 cm³/mol. The molecule has 128 valence electrons. The fraction of sp³-hybridized carbons (Fsp3) is 0.500. The van der Waals surface area contributed by atoms with E-state index in [4.69, 9.17) is 5.11 Å². The third-order valence-corrected chi connectivity index (χ3v) is 1.73. The van der Waals surface area contributed by atoms with Crippen LogP contribution in [-0.2, 0) is 14.3 Å². The average Bonchev–Trinajstić information content (AvgIpc) is 2.44. The van der Waals surface area contributed by atoms with Crippen LogP contribution in [0.15, 0.2) is 25.3 Å². The molecule has 0 atom stereocenters. The SMILES string of the molecule is C=CC(=O)NCCCN(C)C.C=CC(=O)O.CCOC(N)=O. The van der Waals surface area contributed by atoms with E-state index >= 15 is 0 Å². The Bertz CT molecular complexity index is 343. The zero-order valence-corrected chi connectivity index (χ0v) is 13.5. The van der Waals surface area contributed by atoms with Crippen molar-refractivity contribution < 1.29 is 24.2 Å². The van der Waals surface area contributed by atoms with Crippen LogP contribution in [0.3, 0.4) is 0 Å². The quantitative estimate of drug-likeness (QED) is 0.467. The molecule has 0 aromatic heterocycles. The lowest BCUT2D eigenvalue weighted by Gasteiger charge is -2.08. The minimum absolute atomic E-state index is 0.0937. The van der Waals surface area contributed by atoms with Gasteiger partial charge >= 0.3 is 12.1 Å². The van der Waals surface area contributed by atoms with Gasteiger partial charge in [-0.25, -0.2) is 9.59 Å². The highest BCUT2D eigenvalue weighted by Crippen LogP contribution is 1.80. The van der Waals surface area contributed by atoms with E-state index in [9.17, 15) is 14.4 Å². The largest absolute Gasteiger partial charge is 0.478 e. The summed E-state index contributed by atoms with van der Waals surface area (Å²) < 4.78 is 4.18. The van der Waals surface area contributed by atoms with Gasteiger partial charge in [0.2, 0.25) is 5.91 Å². The van der Waals surface area contributed by atoms with Crippen LogP contribution in [0.1, 0.15) is 13.3 Å². The van der Waals surface area contributed by atoms with Crippen molar-refractivity contribution in [1.29, 1.82) is 0 Å². The third kappa shape index (κ3) is 36.1. The number of primary amides is 1. The summed E-state index contributed by atoms with van der Waals surface area (Å²) in [4.78, 5) is 31.5. The normalized spacial score (nSPS) is 8.36. The van der Waals surface area contributed by atoms with E-state index in [1.165, 1.54) is 6.08 Å². The standard InChI is InChI=1S/C8H16N2O.C3H7NO2.C3H4O2/c1-4-8(11)9-6-5-7-10(2)3;1-2-6-3(4)5;1-2-3(4)5/h4H,1,5-7H2,2-3H3,(H,9,11);2H2,1H3,(H2,4,5);2H,1H2,(H,4,5). The summed E-state index contributed by atoms with van der Waals surface area (Å²) in [7, 11) is 4.02. The van der Waals surface area contributed by atoms with E-state index in [-0.39, 0.29) is 5.91 Å². The van der Waals surface area contributed by atoms with Gasteiger partial charge in [-0.2, -0.15) is 0 Å². The van der Waals surface area contributed by atoms with Crippen molar-refractivity contribution in [2.75, 3.05) is 33.8 Å². The molecule has 4 N–H and O–H groups in total. The van der Waals surface area contributed by atoms with Gasteiger partial charge in [-0.1, -0.05) is 13.2 Å². The van der Waals surface area contributed by atoms with Gasteiger partial charge < -0.3 is 25.8 Å². The number of rotatable bonds is 7. The Balaban J connectivity index is -0.000000277. The lowest BCUT2D eigenvalue weighted by Crippen LogP contribution is -2.25. The molecule has 0 unspecified atom stereocenters. The molecular formula is C14H27N3O5. The Hall–Kier alpha value is -2.35. The van der Waals surface area contributed by atoms with E-state index in [0.29, 0.717) is 6.61 Å². The van der Waals surface area contributed by atoms with Crippen LogP contribution in [-0.4, -0.2) is 61.8 Å². The van der Waals surface area contributed by atoms with Gasteiger partial charge in [-0.15, -0.1) is 0 Å². The van der Waals surface area contributed by atoms with E-state index in [2.05, 4.69) is 33.8 Å². The highest BCUT2D eigenvalue weighted by molar-refractivity contribution is 5.86. The maximum absolute atomic E-state index is 10.6. The second kappa shape index (κ2) is 18.7. The van der Waals surface area contributed by atoms with Crippen LogP contribution in [0.5, 0.6) is 0 Å². The van der Waals surface area contributed by atoms with Crippen molar-refractivity contribution in [3.05, 3.63) is 25.3 Å². The number of aliphatic carboxylic acids is 1. The second-order valence-corrected chi connectivity index (χ2v) is 3.95. The molecule has 0 saturated carbocycles. The van der Waals surface area contributed by atoms with E-state index in [1.54, 1.807) is 6.92 Å². The number of hydrogen-bond donors (Lipinski definition) is 3. The van der Waals surface area contributed by atoms with Gasteiger partial charge in [-0.05, 0) is 40.1 Å². The number of nitrogens with zero attached hydrogens (tertiary/aromatic N) is 1. The van der Waals surface area contributed by atoms with Gasteiger partial charge in [0, 0.05) is 12.6 Å². The topological polar surface area (TPSA) is 122 Å². The van der Waals surface area contributed by atoms with Crippen LogP contribution >= 0.6 is 0 Å². The molecule has 0 aliphatic heterocycles. The Labute approximate surface area is 131 Å². The van der Waals surface area contributed by atoms with Crippen molar-refractivity contribution in [3.63, 3.8) is 0 Å². The van der Waals surface area contributed by atoms with Crippen LogP contribution in [0.2, 0.25) is 0 Å². The van der Waals surface area contributed by atoms with Crippen LogP contribution in [0, 0.1) is 0 Å². The summed E-state index contributed by atoms with van der Waals surface area (Å²) >= 11 is 0. The van der Waals surface area contributed by atoms with E-state index in [1.807, 2.05) is 14.1 Å². The lowest BCUT2D eigenvalue weighted by atomic mass is 10.4. The number of carboxylic acids is 1. The van der Waals surface area contributed by atoms with E-state index < -0.39 is 12.1 Å². The van der Waals surface area contributed by atoms with Gasteiger partial charge in [0.15, 0.2) is 0 Å². The van der Waals surface area contributed by atoms with E-state index in [0.717, 1.165) is 25.6 Å². The monoisotopic (exact) mass is 317 g/mol. The third-order valence-electron chi connectivity index (χ3n) is 1.73. The summed E-state index contributed by atoms with van der Waals surface area (Å²) in [6, 6.07) is 0. The molecule has 0 radical (unpaired) electrons. The van der Waals surface area contributed by atoms with Gasteiger partial charge in [0.05, 0.1) is 6.61 Å². The van der Waals surface area contributed by atoms with Crippen molar-refractivity contribution in [3.8, 4) is 0 Å². The predicted octanol–water partition coefficient (Wildman–Crippen LogP) is 0.599. The smallest absolute Gasteiger partial charge is 0.404 e. The molecule has 0 saturated heterocycles. The summed E-state index contributed by atoms with van der Waals surface area (Å²) in [6.07, 6.45) is 2.39. The van der Waals surface area contributed by atoms with Gasteiger partial charge in [0.1, 0.15) is 0 Å². The second-order valence-electron chi connectivity index (χ2n) is 3.95. The van der Waals surface area contributed by atoms with Crippen molar-refractivity contribution in [2.45, 2.75) is 13.3 Å². The van der Waals surface area contributed by atoms with Crippen molar-refractivity contribution in [1.82, 2.24) is 10.2 Å². The number of carboxylic acid groups (broad SMARTS) is 1. The number of nitrogens with two attached hydrogens (primary N) is 1. The maximum atomic E-state index is 10.6. The fourth-order valence-corrected chi connectivity index (χ4v) is 0.821. The molecule has 22 heavy (non-hydrogen) atoms. The molecule has 0 fully saturated rings. The lowest BCUT2D eigenvalue weighted by molar-refractivity contribution is -0.131. The molecule has 0 aliphatic rings. The van der Waals surface area contributed by atoms with Gasteiger partial charge in [-0.3, -0.25) is 4.79 Å². The number of carbonyl (C=O) groups is 3. The van der Waals surface area contributed by atoms with Gasteiger partial charge in [0.25, 0.3) is 0 Å². The summed E-state index contributed by atoms with van der Waals surface area (Å²) in [5, 5.41) is 10.3. The molecule has 2 amide bonds. The molecule has 0 bridgehead atoms. The number of carbonyl (C=O) groups excluding carboxylic acids is 2. The molecule has 0 aliphatic carbocycles. The number of ether oxygens (including phenoxy) is 1. The Morgan fingerprint density at radius 1 is 1.27 bits per heavy atom. The summed E-state index contributed by atoms with van der Waals surface area (Å²) in [5.74, 6) is -1.08. The molecule has 0 heterocycles. The summed E-state index contributed by atoms with van der Waals surface area (Å²) in [6.45, 7) is 10.1. The first-order chi connectivity index (χ1) is 10.2. The summed E-state index contributed by atoms with van der Waals surface area (Å²) in [5.41, 5.74) is 4.54. The average molecular weight is 317 g/mol. The van der Waals surface area contributed by atoms with Crippen molar-refractivity contribution >= 4 is 18.0 Å². The molecule has 8 nitrogen and oxygen atoms in total. The Morgan fingerprint density at radius 3 is 2.00 bits per heavy atom. The Kier molecular flexibility index (Phi) is 20.9. The van der Waals surface area contributed by atoms with Crippen LogP contribution in [0.4, 0.5) is 4.79 Å². The molecule has 8 heteroatoms. The number of amides is 2. The molecule has 0 spiro atoms. The minimum atomic E-state index is -0.981. The molecule has 0 rings (SSSR count). The molecular weight excluding hydrogens is 290 g/mol. The van der Waals surface area contributed by atoms with Crippen molar-refractivity contribution in [2.24, 2.45) is 5.73 Å². The first-order valence-electron chi connectivity index (χ1n) is 6.53. The van der Waals surface area contributed by atoms with Crippen LogP contribution in [0.25, 0.3) is 0 Å². The number of nitrogens with one attached hydrogen (secondary N) is 1. The van der Waals surface area contributed by atoms with Crippen LogP contribution < -0.4 is 11.1 Å². The first-order valence-corrected chi connectivity index (χ1v) is 6.53. The zero-order valence-electron chi connectivity index (χ0n) is 13.5. The first kappa shape index (κ1) is 24.7. The highest BCUT2D eigenvalue weighted by Gasteiger charge is 1.93. The number of hydrogen-bond acceptors (Lipinski definition) is 5. The highest BCUT2D eigenvalue weighted by atomic mass is 16.5.